The zero-order valence-corrected chi connectivity index (χ0v) is 14.6. The van der Waals surface area contributed by atoms with E-state index >= 15 is 0 Å². The van der Waals surface area contributed by atoms with E-state index in [4.69, 9.17) is 0 Å². The van der Waals surface area contributed by atoms with E-state index < -0.39 is 0 Å². The molecule has 3 aliphatic rings. The molecule has 2 saturated carbocycles. The molecule has 0 unspecified atom stereocenters. The van der Waals surface area contributed by atoms with Crippen LogP contribution in [0, 0.1) is 11.8 Å². The second kappa shape index (κ2) is 7.20. The molecule has 2 amide bonds. The topological polar surface area (TPSA) is 52.7 Å². The molecule has 130 valence electrons. The van der Waals surface area contributed by atoms with E-state index in [0.29, 0.717) is 12.6 Å². The van der Waals surface area contributed by atoms with Crippen LogP contribution in [0.1, 0.15) is 52.4 Å². The molecule has 0 radical (unpaired) electrons. The van der Waals surface area contributed by atoms with Crippen molar-refractivity contribution < 1.29 is 9.59 Å². The Morgan fingerprint density at radius 2 is 1.87 bits per heavy atom. The summed E-state index contributed by atoms with van der Waals surface area (Å²) in [6, 6.07) is 1.27. The van der Waals surface area contributed by atoms with Gasteiger partial charge in [-0.3, -0.25) is 14.5 Å². The number of hydrogen-bond donors (Lipinski definition) is 1. The normalized spacial score (nSPS) is 25.0. The van der Waals surface area contributed by atoms with Crippen molar-refractivity contribution in [1.82, 2.24) is 15.1 Å². The van der Waals surface area contributed by atoms with Crippen molar-refractivity contribution in [3.63, 3.8) is 0 Å². The molecule has 0 bridgehead atoms. The van der Waals surface area contributed by atoms with Crippen molar-refractivity contribution in [1.29, 1.82) is 0 Å². The maximum absolute atomic E-state index is 12.4. The van der Waals surface area contributed by atoms with Gasteiger partial charge in [-0.25, -0.2) is 0 Å². The molecule has 1 heterocycles. The summed E-state index contributed by atoms with van der Waals surface area (Å²) in [7, 11) is 0. The lowest BCUT2D eigenvalue weighted by atomic mass is 9.96. The third kappa shape index (κ3) is 4.46. The number of nitrogens with one attached hydrogen (secondary N) is 1. The van der Waals surface area contributed by atoms with Gasteiger partial charge in [-0.15, -0.1) is 0 Å². The second-order valence-corrected chi connectivity index (χ2v) is 7.75. The lowest BCUT2D eigenvalue weighted by Gasteiger charge is -2.32. The van der Waals surface area contributed by atoms with Crippen molar-refractivity contribution in [3.05, 3.63) is 0 Å². The lowest BCUT2D eigenvalue weighted by molar-refractivity contribution is -0.136. The molecule has 0 aromatic carbocycles. The molecule has 5 nitrogen and oxygen atoms in total. The van der Waals surface area contributed by atoms with Gasteiger partial charge in [-0.05, 0) is 52.4 Å². The maximum atomic E-state index is 12.4. The van der Waals surface area contributed by atoms with Gasteiger partial charge in [0.25, 0.3) is 0 Å². The van der Waals surface area contributed by atoms with E-state index in [-0.39, 0.29) is 23.7 Å². The predicted molar refractivity (Wildman–Crippen MR) is 89.9 cm³/mol. The molecule has 1 N–H and O–H groups in total. The minimum atomic E-state index is -0.0140. The Morgan fingerprint density at radius 1 is 1.13 bits per heavy atom. The average molecular weight is 321 g/mol. The summed E-state index contributed by atoms with van der Waals surface area (Å²) in [6.45, 7) is 7.57. The molecule has 1 aliphatic heterocycles. The summed E-state index contributed by atoms with van der Waals surface area (Å²) in [5, 5.41) is 3.11. The minimum absolute atomic E-state index is 0.0140. The zero-order valence-electron chi connectivity index (χ0n) is 14.6. The van der Waals surface area contributed by atoms with Gasteiger partial charge >= 0.3 is 0 Å². The molecule has 3 fully saturated rings. The van der Waals surface area contributed by atoms with Crippen LogP contribution >= 0.6 is 0 Å². The summed E-state index contributed by atoms with van der Waals surface area (Å²) in [5.74, 6) is 0.662. The molecule has 1 atom stereocenters. The van der Waals surface area contributed by atoms with Crippen LogP contribution in [-0.2, 0) is 9.59 Å². The lowest BCUT2D eigenvalue weighted by Crippen LogP contribution is -2.47. The van der Waals surface area contributed by atoms with Gasteiger partial charge in [-0.2, -0.15) is 0 Å². The monoisotopic (exact) mass is 321 g/mol. The van der Waals surface area contributed by atoms with Crippen molar-refractivity contribution in [2.45, 2.75) is 64.5 Å². The number of likely N-dealkylation sites (tertiary alicyclic amines) is 1. The van der Waals surface area contributed by atoms with Gasteiger partial charge in [0, 0.05) is 44.2 Å². The zero-order chi connectivity index (χ0) is 16.4. The van der Waals surface area contributed by atoms with Gasteiger partial charge in [-0.1, -0.05) is 0 Å². The van der Waals surface area contributed by atoms with E-state index in [1.165, 1.54) is 12.8 Å². The first-order chi connectivity index (χ1) is 11.1. The van der Waals surface area contributed by atoms with E-state index in [2.05, 4.69) is 24.1 Å². The van der Waals surface area contributed by atoms with E-state index in [0.717, 1.165) is 51.4 Å². The third-order valence-corrected chi connectivity index (χ3v) is 5.38. The number of amides is 2. The number of carbonyl (C=O) groups excluding carboxylic acids is 2. The molecule has 5 heteroatoms. The van der Waals surface area contributed by atoms with Crippen molar-refractivity contribution in [2.24, 2.45) is 11.8 Å². The fraction of sp³-hybridized carbons (Fsp3) is 0.889. The summed E-state index contributed by atoms with van der Waals surface area (Å²) in [6.07, 6.45) is 6.55. The van der Waals surface area contributed by atoms with Crippen LogP contribution in [0.2, 0.25) is 0 Å². The first kappa shape index (κ1) is 16.7. The number of carbonyl (C=O) groups is 2. The van der Waals surface area contributed by atoms with E-state index in [9.17, 15) is 9.59 Å². The Morgan fingerprint density at radius 3 is 2.48 bits per heavy atom. The van der Waals surface area contributed by atoms with Crippen LogP contribution in [0.5, 0.6) is 0 Å². The fourth-order valence-electron chi connectivity index (χ4n) is 3.70. The third-order valence-electron chi connectivity index (χ3n) is 5.38. The molecule has 2 aliphatic carbocycles. The first-order valence-electron chi connectivity index (χ1n) is 9.38. The fourth-order valence-corrected chi connectivity index (χ4v) is 3.70. The summed E-state index contributed by atoms with van der Waals surface area (Å²) < 4.78 is 0. The van der Waals surface area contributed by atoms with Gasteiger partial charge in [0.15, 0.2) is 0 Å². The first-order valence-corrected chi connectivity index (χ1v) is 9.38. The standard InChI is InChI=1S/C18H31N3O2/c1-13(2)21(16-7-8-16)11-9-19-17(22)15-4-3-10-20(12-15)18(23)14-5-6-14/h13-16H,3-12H2,1-2H3,(H,19,22)/t15-/m1/s1. The Labute approximate surface area is 139 Å². The van der Waals surface area contributed by atoms with Crippen molar-refractivity contribution in [2.75, 3.05) is 26.2 Å². The van der Waals surface area contributed by atoms with Gasteiger partial charge < -0.3 is 10.2 Å². The van der Waals surface area contributed by atoms with Crippen molar-refractivity contribution >= 4 is 11.8 Å². The molecule has 0 aromatic rings. The van der Waals surface area contributed by atoms with Crippen LogP contribution < -0.4 is 5.32 Å². The predicted octanol–water partition coefficient (Wildman–Crippen LogP) is 1.62. The van der Waals surface area contributed by atoms with Crippen LogP contribution in [0.3, 0.4) is 0 Å². The average Bonchev–Trinajstić information content (AvgIpc) is 3.42. The molecule has 3 rings (SSSR count). The molecule has 1 saturated heterocycles. The van der Waals surface area contributed by atoms with E-state index in [1.807, 2.05) is 4.90 Å². The highest BCUT2D eigenvalue weighted by molar-refractivity contribution is 5.83. The summed E-state index contributed by atoms with van der Waals surface area (Å²) >= 11 is 0. The highest BCUT2D eigenvalue weighted by Crippen LogP contribution is 2.32. The number of hydrogen-bond acceptors (Lipinski definition) is 3. The smallest absolute Gasteiger partial charge is 0.225 e. The summed E-state index contributed by atoms with van der Waals surface area (Å²) in [4.78, 5) is 29.0. The molecule has 23 heavy (non-hydrogen) atoms. The van der Waals surface area contributed by atoms with Crippen LogP contribution in [0.15, 0.2) is 0 Å². The Bertz CT molecular complexity index is 442. The molecular weight excluding hydrogens is 290 g/mol. The van der Waals surface area contributed by atoms with Gasteiger partial charge in [0.1, 0.15) is 0 Å². The largest absolute Gasteiger partial charge is 0.355 e. The summed E-state index contributed by atoms with van der Waals surface area (Å²) in [5.41, 5.74) is 0. The second-order valence-electron chi connectivity index (χ2n) is 7.75. The molecular formula is C18H31N3O2. The Kier molecular flexibility index (Phi) is 5.24. The highest BCUT2D eigenvalue weighted by Gasteiger charge is 2.36. The quantitative estimate of drug-likeness (QED) is 0.775. The Balaban J connectivity index is 1.41. The Hall–Kier alpha value is -1.10. The van der Waals surface area contributed by atoms with Gasteiger partial charge in [0.2, 0.25) is 11.8 Å². The van der Waals surface area contributed by atoms with E-state index in [1.54, 1.807) is 0 Å². The van der Waals surface area contributed by atoms with Crippen molar-refractivity contribution in [3.8, 4) is 0 Å². The van der Waals surface area contributed by atoms with Crippen LogP contribution in [0.25, 0.3) is 0 Å². The van der Waals surface area contributed by atoms with Gasteiger partial charge in [0.05, 0.1) is 5.92 Å². The molecule has 0 aromatic heterocycles. The van der Waals surface area contributed by atoms with Crippen LogP contribution in [0.4, 0.5) is 0 Å². The number of nitrogens with zero attached hydrogens (tertiary/aromatic N) is 2. The van der Waals surface area contributed by atoms with Crippen LogP contribution in [-0.4, -0.2) is 59.9 Å². The maximum Gasteiger partial charge on any atom is 0.225 e. The minimum Gasteiger partial charge on any atom is -0.355 e. The highest BCUT2D eigenvalue weighted by atomic mass is 16.2. The molecule has 0 spiro atoms. The number of rotatable bonds is 7. The SMILES string of the molecule is CC(C)N(CCNC(=O)[C@@H]1CCCN(C(=O)C2CC2)C1)C1CC1. The number of piperidine rings is 1.